The normalized spacial score (nSPS) is 17.0. The fourth-order valence-electron chi connectivity index (χ4n) is 4.91. The number of carbonyl (C=O) groups excluding carboxylic acids is 1. The van der Waals surface area contributed by atoms with Crippen LogP contribution in [0, 0.1) is 0 Å². The number of rotatable bonds is 6. The number of piperazine rings is 1. The highest BCUT2D eigenvalue weighted by molar-refractivity contribution is 5.98. The average molecular weight is 462 g/mol. The Hall–Kier alpha value is -3.16. The molecule has 1 aromatic heterocycles. The number of benzene rings is 2. The number of hydrogen-bond donors (Lipinski definition) is 0. The number of hydrogen-bond acceptors (Lipinski definition) is 6. The lowest BCUT2D eigenvalue weighted by molar-refractivity contribution is -0.120. The molecule has 2 aromatic carbocycles. The van der Waals surface area contributed by atoms with Crippen LogP contribution in [0.3, 0.4) is 0 Å². The number of carbonyl (C=O) groups is 1. The van der Waals surface area contributed by atoms with E-state index in [9.17, 15) is 9.59 Å². The maximum absolute atomic E-state index is 13.3. The molecule has 0 saturated carbocycles. The second-order valence-corrected chi connectivity index (χ2v) is 9.01. The fraction of sp³-hybridized carbons (Fsp3) is 0.407. The van der Waals surface area contributed by atoms with Gasteiger partial charge in [0.25, 0.3) is 0 Å². The molecule has 0 N–H and O–H groups in total. The summed E-state index contributed by atoms with van der Waals surface area (Å²) in [7, 11) is 0. The van der Waals surface area contributed by atoms with Crippen LogP contribution in [0.25, 0.3) is 11.0 Å². The van der Waals surface area contributed by atoms with Crippen molar-refractivity contribution in [1.82, 2.24) is 9.80 Å². The van der Waals surface area contributed by atoms with E-state index in [1.165, 1.54) is 0 Å². The van der Waals surface area contributed by atoms with Crippen molar-refractivity contribution in [2.75, 3.05) is 50.7 Å². The van der Waals surface area contributed by atoms with E-state index in [4.69, 9.17) is 9.15 Å². The van der Waals surface area contributed by atoms with Crippen LogP contribution in [-0.4, -0.2) is 61.5 Å². The molecule has 1 saturated heterocycles. The van der Waals surface area contributed by atoms with Gasteiger partial charge in [0.2, 0.25) is 5.91 Å². The van der Waals surface area contributed by atoms with E-state index in [0.29, 0.717) is 36.7 Å². The summed E-state index contributed by atoms with van der Waals surface area (Å²) in [6.07, 6.45) is 1.55. The van der Waals surface area contributed by atoms with Crippen LogP contribution in [0.1, 0.15) is 24.5 Å². The molecule has 34 heavy (non-hydrogen) atoms. The van der Waals surface area contributed by atoms with Gasteiger partial charge in [-0.1, -0.05) is 37.3 Å². The third-order valence-electron chi connectivity index (χ3n) is 6.86. The number of aryl methyl sites for hydroxylation is 1. The first-order chi connectivity index (χ1) is 16.6. The highest BCUT2D eigenvalue weighted by atomic mass is 16.5. The molecular formula is C27H31N3O4. The molecule has 2 aliphatic heterocycles. The molecule has 7 nitrogen and oxygen atoms in total. The van der Waals surface area contributed by atoms with Crippen LogP contribution in [0.4, 0.5) is 5.69 Å². The molecule has 7 heteroatoms. The minimum Gasteiger partial charge on any atom is -0.489 e. The quantitative estimate of drug-likeness (QED) is 0.525. The van der Waals surface area contributed by atoms with E-state index in [0.717, 1.165) is 62.1 Å². The molecule has 0 atom stereocenters. The highest BCUT2D eigenvalue weighted by Crippen LogP contribution is 2.33. The van der Waals surface area contributed by atoms with E-state index in [1.54, 1.807) is 11.0 Å². The number of amides is 1. The Balaban J connectivity index is 1.38. The Morgan fingerprint density at radius 3 is 2.53 bits per heavy atom. The van der Waals surface area contributed by atoms with Crippen LogP contribution in [0.15, 0.2) is 57.7 Å². The lowest BCUT2D eigenvalue weighted by Crippen LogP contribution is -2.51. The summed E-state index contributed by atoms with van der Waals surface area (Å²) in [5, 5.41) is 0.842. The van der Waals surface area contributed by atoms with E-state index >= 15 is 0 Å². The number of likely N-dealkylation sites (N-methyl/N-ethyl adjacent to an activating group) is 1. The number of nitrogens with zero attached hydrogens (tertiary/aromatic N) is 3. The van der Waals surface area contributed by atoms with Gasteiger partial charge < -0.3 is 19.0 Å². The second kappa shape index (κ2) is 9.99. The number of anilines is 1. The van der Waals surface area contributed by atoms with Gasteiger partial charge in [-0.15, -0.1) is 0 Å². The van der Waals surface area contributed by atoms with Crippen LogP contribution >= 0.6 is 0 Å². The molecule has 0 radical (unpaired) electrons. The lowest BCUT2D eigenvalue weighted by atomic mass is 9.98. The molecule has 1 amide bonds. The lowest BCUT2D eigenvalue weighted by Gasteiger charge is -2.35. The third-order valence-corrected chi connectivity index (χ3v) is 6.86. The molecule has 1 fully saturated rings. The van der Waals surface area contributed by atoms with Crippen LogP contribution in [0.2, 0.25) is 0 Å². The zero-order valence-corrected chi connectivity index (χ0v) is 19.7. The third kappa shape index (κ3) is 4.72. The summed E-state index contributed by atoms with van der Waals surface area (Å²) >= 11 is 0. The molecule has 0 unspecified atom stereocenters. The van der Waals surface area contributed by atoms with Crippen molar-refractivity contribution in [2.45, 2.75) is 26.4 Å². The smallest absolute Gasteiger partial charge is 0.360 e. The number of fused-ring (bicyclic) bond motifs is 3. The molecule has 0 spiro atoms. The van der Waals surface area contributed by atoms with E-state index < -0.39 is 5.63 Å². The molecule has 178 valence electrons. The first kappa shape index (κ1) is 22.6. The van der Waals surface area contributed by atoms with Crippen molar-refractivity contribution < 1.29 is 13.9 Å². The molecule has 3 heterocycles. The minimum atomic E-state index is -0.440. The van der Waals surface area contributed by atoms with Gasteiger partial charge in [-0.3, -0.25) is 9.69 Å². The Labute approximate surface area is 199 Å². The maximum Gasteiger partial charge on any atom is 0.360 e. The number of ether oxygens (including phenoxy) is 1. The Bertz CT molecular complexity index is 1220. The first-order valence-corrected chi connectivity index (χ1v) is 12.1. The minimum absolute atomic E-state index is 0.0333. The van der Waals surface area contributed by atoms with Crippen molar-refractivity contribution in [1.29, 1.82) is 0 Å². The van der Waals surface area contributed by atoms with Crippen molar-refractivity contribution in [3.05, 3.63) is 70.1 Å². The van der Waals surface area contributed by atoms with Gasteiger partial charge in [-0.05, 0) is 48.7 Å². The first-order valence-electron chi connectivity index (χ1n) is 12.1. The fourth-order valence-corrected chi connectivity index (χ4v) is 4.91. The van der Waals surface area contributed by atoms with E-state index in [1.807, 2.05) is 42.5 Å². The summed E-state index contributed by atoms with van der Waals surface area (Å²) in [5.41, 5.74) is 2.45. The van der Waals surface area contributed by atoms with Crippen LogP contribution in [0.5, 0.6) is 5.75 Å². The predicted molar refractivity (Wildman–Crippen MR) is 132 cm³/mol. The van der Waals surface area contributed by atoms with Gasteiger partial charge in [0.15, 0.2) is 0 Å². The summed E-state index contributed by atoms with van der Waals surface area (Å²) < 4.78 is 11.7. The summed E-state index contributed by atoms with van der Waals surface area (Å²) in [4.78, 5) is 32.4. The monoisotopic (exact) mass is 461 g/mol. The van der Waals surface area contributed by atoms with Gasteiger partial charge in [0.1, 0.15) is 23.6 Å². The zero-order valence-electron chi connectivity index (χ0n) is 19.7. The average Bonchev–Trinajstić information content (AvgIpc) is 2.88. The van der Waals surface area contributed by atoms with Crippen molar-refractivity contribution in [3.63, 3.8) is 0 Å². The molecule has 0 bridgehead atoms. The van der Waals surface area contributed by atoms with Crippen LogP contribution < -0.4 is 15.3 Å². The van der Waals surface area contributed by atoms with Gasteiger partial charge in [0.05, 0.1) is 6.54 Å². The Morgan fingerprint density at radius 1 is 1.00 bits per heavy atom. The molecule has 3 aromatic rings. The molecular weight excluding hydrogens is 430 g/mol. The SMILES string of the molecule is CCN1CCN(CC(=O)N2CCCc3c2c(=O)oc2ccc(OCc4ccccc4)cc32)CC1. The largest absolute Gasteiger partial charge is 0.489 e. The summed E-state index contributed by atoms with van der Waals surface area (Å²) in [5.74, 6) is 0.679. The maximum atomic E-state index is 13.3. The molecule has 0 aliphatic carbocycles. The summed E-state index contributed by atoms with van der Waals surface area (Å²) in [6.45, 7) is 8.21. The molecule has 5 rings (SSSR count). The van der Waals surface area contributed by atoms with Gasteiger partial charge in [0, 0.05) is 38.1 Å². The van der Waals surface area contributed by atoms with Crippen molar-refractivity contribution in [2.24, 2.45) is 0 Å². The van der Waals surface area contributed by atoms with Gasteiger partial charge in [-0.2, -0.15) is 0 Å². The second-order valence-electron chi connectivity index (χ2n) is 9.01. The standard InChI is InChI=1S/C27H31N3O4/c1-2-28-13-15-29(16-14-28)18-25(31)30-12-6-9-22-23-17-21(33-19-20-7-4-3-5-8-20)10-11-24(23)34-27(32)26(22)30/h3-5,7-8,10-11,17H,2,6,9,12-16,18-19H2,1H3. The Kier molecular flexibility index (Phi) is 6.65. The van der Waals surface area contributed by atoms with E-state index in [2.05, 4.69) is 16.7 Å². The van der Waals surface area contributed by atoms with Crippen LogP contribution in [-0.2, 0) is 17.8 Å². The van der Waals surface area contributed by atoms with Gasteiger partial charge in [-0.25, -0.2) is 4.79 Å². The summed E-state index contributed by atoms with van der Waals surface area (Å²) in [6, 6.07) is 15.5. The Morgan fingerprint density at radius 2 is 1.76 bits per heavy atom. The highest BCUT2D eigenvalue weighted by Gasteiger charge is 2.30. The topological polar surface area (TPSA) is 66.2 Å². The zero-order chi connectivity index (χ0) is 23.5. The van der Waals surface area contributed by atoms with E-state index in [-0.39, 0.29) is 5.91 Å². The van der Waals surface area contributed by atoms with Crippen molar-refractivity contribution in [3.8, 4) is 5.75 Å². The van der Waals surface area contributed by atoms with Gasteiger partial charge >= 0.3 is 5.63 Å². The predicted octanol–water partition coefficient (Wildman–Crippen LogP) is 3.29. The van der Waals surface area contributed by atoms with Crippen molar-refractivity contribution >= 4 is 22.6 Å². The molecule has 2 aliphatic rings.